The largest absolute Gasteiger partial charge is 0.347 e. The van der Waals surface area contributed by atoms with Crippen molar-refractivity contribution in [2.75, 3.05) is 13.1 Å². The molecule has 1 aromatic carbocycles. The first-order valence-corrected chi connectivity index (χ1v) is 6.90. The molecule has 0 spiro atoms. The monoisotopic (exact) mass is 321 g/mol. The highest BCUT2D eigenvalue weighted by atomic mass is 35.5. The third-order valence-electron chi connectivity index (χ3n) is 3.18. The van der Waals surface area contributed by atoms with Gasteiger partial charge in [-0.2, -0.15) is 0 Å². The highest BCUT2D eigenvalue weighted by Crippen LogP contribution is 2.17. The van der Waals surface area contributed by atoms with Gasteiger partial charge in [-0.1, -0.05) is 11.6 Å². The summed E-state index contributed by atoms with van der Waals surface area (Å²) >= 11 is 5.89. The molecule has 0 unspecified atom stereocenters. The van der Waals surface area contributed by atoms with Crippen LogP contribution >= 0.6 is 11.6 Å². The van der Waals surface area contributed by atoms with Gasteiger partial charge in [0.05, 0.1) is 24.1 Å². The Kier molecular flexibility index (Phi) is 3.68. The molecule has 0 radical (unpaired) electrons. The van der Waals surface area contributed by atoms with E-state index in [0.717, 1.165) is 15.9 Å². The van der Waals surface area contributed by atoms with Gasteiger partial charge < -0.3 is 15.6 Å². The van der Waals surface area contributed by atoms with Crippen LogP contribution in [0, 0.1) is 0 Å². The van der Waals surface area contributed by atoms with Gasteiger partial charge in [-0.05, 0) is 18.2 Å². The van der Waals surface area contributed by atoms with Gasteiger partial charge in [-0.15, -0.1) is 0 Å². The number of halogens is 1. The fraction of sp³-hybridized carbons (Fsp3) is 0.231. The minimum absolute atomic E-state index is 0.0730. The van der Waals surface area contributed by atoms with E-state index in [0.29, 0.717) is 10.8 Å². The van der Waals surface area contributed by atoms with Crippen LogP contribution in [-0.2, 0) is 16.1 Å². The van der Waals surface area contributed by atoms with Gasteiger partial charge in [0.2, 0.25) is 5.91 Å². The number of fused-ring (bicyclic) bond motifs is 1. The standard InChI is InChI=1S/C13H12ClN5O3/c14-7-1-2-8-9(3-7)18-10(17-8)4-15-11(20)6-19-12(21)5-16-13(19)22/h1-3H,4-6H2,(H,15,20)(H,16,22)(H,17,18). The number of imide groups is 1. The molecular formula is C13H12ClN5O3. The normalized spacial score (nSPS) is 14.5. The van der Waals surface area contributed by atoms with Crippen molar-refractivity contribution in [1.29, 1.82) is 0 Å². The number of amides is 4. The minimum atomic E-state index is -0.557. The third kappa shape index (κ3) is 2.86. The highest BCUT2D eigenvalue weighted by Gasteiger charge is 2.29. The summed E-state index contributed by atoms with van der Waals surface area (Å²) in [6, 6.07) is 4.68. The van der Waals surface area contributed by atoms with E-state index in [1.165, 1.54) is 0 Å². The number of nitrogens with zero attached hydrogens (tertiary/aromatic N) is 2. The van der Waals surface area contributed by atoms with Gasteiger partial charge in [0.15, 0.2) is 0 Å². The highest BCUT2D eigenvalue weighted by molar-refractivity contribution is 6.31. The second kappa shape index (κ2) is 5.64. The number of rotatable bonds is 4. The molecule has 2 heterocycles. The molecule has 9 heteroatoms. The smallest absolute Gasteiger partial charge is 0.325 e. The predicted molar refractivity (Wildman–Crippen MR) is 78.1 cm³/mol. The van der Waals surface area contributed by atoms with E-state index in [1.54, 1.807) is 18.2 Å². The number of imidazole rings is 1. The Hall–Kier alpha value is -2.61. The van der Waals surface area contributed by atoms with Crippen molar-refractivity contribution in [2.45, 2.75) is 6.54 Å². The number of urea groups is 1. The molecule has 4 amide bonds. The van der Waals surface area contributed by atoms with Crippen molar-refractivity contribution in [1.82, 2.24) is 25.5 Å². The second-order valence-corrected chi connectivity index (χ2v) is 5.20. The summed E-state index contributed by atoms with van der Waals surface area (Å²) in [4.78, 5) is 42.7. The molecule has 114 valence electrons. The Morgan fingerprint density at radius 1 is 1.41 bits per heavy atom. The third-order valence-corrected chi connectivity index (χ3v) is 3.42. The summed E-state index contributed by atoms with van der Waals surface area (Å²) in [5.41, 5.74) is 1.51. The van der Waals surface area contributed by atoms with Crippen LogP contribution in [0.3, 0.4) is 0 Å². The van der Waals surface area contributed by atoms with Crippen molar-refractivity contribution in [3.8, 4) is 0 Å². The van der Waals surface area contributed by atoms with E-state index in [4.69, 9.17) is 11.6 Å². The molecule has 0 saturated carbocycles. The van der Waals surface area contributed by atoms with Crippen molar-refractivity contribution >= 4 is 40.5 Å². The molecule has 8 nitrogen and oxygen atoms in total. The first-order chi connectivity index (χ1) is 10.5. The first kappa shape index (κ1) is 14.3. The molecule has 2 aromatic rings. The molecule has 1 aliphatic rings. The molecule has 0 atom stereocenters. The van der Waals surface area contributed by atoms with E-state index < -0.39 is 17.8 Å². The van der Waals surface area contributed by atoms with Crippen molar-refractivity contribution in [3.05, 3.63) is 29.0 Å². The second-order valence-electron chi connectivity index (χ2n) is 4.76. The summed E-state index contributed by atoms with van der Waals surface area (Å²) in [5, 5.41) is 5.54. The number of nitrogens with one attached hydrogen (secondary N) is 3. The Bertz CT molecular complexity index is 756. The maximum atomic E-state index is 11.8. The van der Waals surface area contributed by atoms with Crippen LogP contribution in [0.4, 0.5) is 4.79 Å². The zero-order valence-electron chi connectivity index (χ0n) is 11.4. The first-order valence-electron chi connectivity index (χ1n) is 6.52. The summed E-state index contributed by atoms with van der Waals surface area (Å²) in [6.45, 7) is -0.220. The molecule has 1 saturated heterocycles. The fourth-order valence-electron chi connectivity index (χ4n) is 2.12. The SMILES string of the molecule is O=C(CN1C(=O)CNC1=O)NCc1nc2ccc(Cl)cc2[nH]1. The van der Waals surface area contributed by atoms with E-state index in [9.17, 15) is 14.4 Å². The quantitative estimate of drug-likeness (QED) is 0.708. The maximum Gasteiger partial charge on any atom is 0.325 e. The number of hydrogen-bond donors (Lipinski definition) is 3. The Morgan fingerprint density at radius 2 is 2.23 bits per heavy atom. The molecule has 0 bridgehead atoms. The molecule has 3 N–H and O–H groups in total. The van der Waals surface area contributed by atoms with Crippen LogP contribution in [0.25, 0.3) is 11.0 Å². The average molecular weight is 322 g/mol. The molecule has 1 aliphatic heterocycles. The predicted octanol–water partition coefficient (Wildman–Crippen LogP) is 0.384. The van der Waals surface area contributed by atoms with E-state index in [2.05, 4.69) is 20.6 Å². The Morgan fingerprint density at radius 3 is 2.95 bits per heavy atom. The van der Waals surface area contributed by atoms with E-state index in [1.807, 2.05) is 0 Å². The summed E-state index contributed by atoms with van der Waals surface area (Å²) in [7, 11) is 0. The molecule has 0 aliphatic carbocycles. The number of aromatic amines is 1. The van der Waals surface area contributed by atoms with Crippen LogP contribution < -0.4 is 10.6 Å². The fourth-order valence-corrected chi connectivity index (χ4v) is 2.29. The van der Waals surface area contributed by atoms with Crippen LogP contribution in [0.2, 0.25) is 5.02 Å². The number of carbonyl (C=O) groups excluding carboxylic acids is 3. The topological polar surface area (TPSA) is 107 Å². The van der Waals surface area contributed by atoms with Gasteiger partial charge >= 0.3 is 6.03 Å². The van der Waals surface area contributed by atoms with Gasteiger partial charge in [-0.25, -0.2) is 9.78 Å². The summed E-state index contributed by atoms with van der Waals surface area (Å²) in [6.07, 6.45) is 0. The number of H-pyrrole nitrogens is 1. The Labute approximate surface area is 129 Å². The minimum Gasteiger partial charge on any atom is -0.347 e. The van der Waals surface area contributed by atoms with Gasteiger partial charge in [0, 0.05) is 5.02 Å². The summed E-state index contributed by atoms with van der Waals surface area (Å²) in [5.74, 6) is -0.301. The lowest BCUT2D eigenvalue weighted by Crippen LogP contribution is -2.40. The Balaban J connectivity index is 1.60. The van der Waals surface area contributed by atoms with Gasteiger partial charge in [0.25, 0.3) is 5.91 Å². The van der Waals surface area contributed by atoms with Crippen LogP contribution in [0.5, 0.6) is 0 Å². The molecule has 3 rings (SSSR count). The lowest BCUT2D eigenvalue weighted by molar-refractivity contribution is -0.130. The zero-order chi connectivity index (χ0) is 15.7. The van der Waals surface area contributed by atoms with Crippen molar-refractivity contribution in [2.24, 2.45) is 0 Å². The maximum absolute atomic E-state index is 11.8. The molecule has 1 fully saturated rings. The van der Waals surface area contributed by atoms with E-state index in [-0.39, 0.29) is 19.6 Å². The molecule has 22 heavy (non-hydrogen) atoms. The van der Waals surface area contributed by atoms with Crippen molar-refractivity contribution < 1.29 is 14.4 Å². The lowest BCUT2D eigenvalue weighted by Gasteiger charge is -2.11. The lowest BCUT2D eigenvalue weighted by atomic mass is 10.3. The van der Waals surface area contributed by atoms with Crippen LogP contribution in [-0.4, -0.2) is 45.8 Å². The van der Waals surface area contributed by atoms with Gasteiger partial charge in [-0.3, -0.25) is 14.5 Å². The number of carbonyl (C=O) groups is 3. The molecular weight excluding hydrogens is 310 g/mol. The number of aromatic nitrogens is 2. The van der Waals surface area contributed by atoms with E-state index >= 15 is 0 Å². The van der Waals surface area contributed by atoms with Crippen LogP contribution in [0.15, 0.2) is 18.2 Å². The van der Waals surface area contributed by atoms with Crippen LogP contribution in [0.1, 0.15) is 5.82 Å². The van der Waals surface area contributed by atoms with Crippen molar-refractivity contribution in [3.63, 3.8) is 0 Å². The molecule has 1 aromatic heterocycles. The van der Waals surface area contributed by atoms with Gasteiger partial charge in [0.1, 0.15) is 12.4 Å². The summed E-state index contributed by atoms with van der Waals surface area (Å²) < 4.78 is 0. The zero-order valence-corrected chi connectivity index (χ0v) is 12.1. The number of hydrogen-bond acceptors (Lipinski definition) is 4. The average Bonchev–Trinajstić information content (AvgIpc) is 3.02. The number of benzene rings is 1.